The third kappa shape index (κ3) is 4.34. The number of piperidine rings is 1. The Labute approximate surface area is 139 Å². The predicted octanol–water partition coefficient (Wildman–Crippen LogP) is 1.13. The summed E-state index contributed by atoms with van der Waals surface area (Å²) in [4.78, 5) is 16.0. The summed E-state index contributed by atoms with van der Waals surface area (Å²) in [6, 6.07) is 4.22. The first-order chi connectivity index (χ1) is 11.2. The van der Waals surface area contributed by atoms with Crippen molar-refractivity contribution in [3.63, 3.8) is 0 Å². The molecule has 0 aromatic carbocycles. The van der Waals surface area contributed by atoms with E-state index in [1.54, 1.807) is 0 Å². The molecule has 2 saturated heterocycles. The minimum Gasteiger partial charge on any atom is -0.370 e. The number of nitrogens with zero attached hydrogens (tertiary/aromatic N) is 5. The van der Waals surface area contributed by atoms with Gasteiger partial charge in [-0.3, -0.25) is 0 Å². The summed E-state index contributed by atoms with van der Waals surface area (Å²) < 4.78 is 0. The van der Waals surface area contributed by atoms with E-state index < -0.39 is 0 Å². The molecule has 2 aliphatic heterocycles. The van der Waals surface area contributed by atoms with Crippen LogP contribution in [0.25, 0.3) is 0 Å². The Hall–Kier alpha value is -1.82. The van der Waals surface area contributed by atoms with Gasteiger partial charge in [-0.25, -0.2) is 9.98 Å². The molecular formula is C17H28N6. The van der Waals surface area contributed by atoms with Gasteiger partial charge >= 0.3 is 0 Å². The second-order valence-corrected chi connectivity index (χ2v) is 6.54. The van der Waals surface area contributed by atoms with E-state index in [0.29, 0.717) is 12.5 Å². The Morgan fingerprint density at radius 3 is 2.48 bits per heavy atom. The van der Waals surface area contributed by atoms with Gasteiger partial charge in [0.15, 0.2) is 5.96 Å². The number of nitrogens with two attached hydrogens (primary N) is 1. The summed E-state index contributed by atoms with van der Waals surface area (Å²) in [6.07, 6.45) is 5.68. The average Bonchev–Trinajstić information content (AvgIpc) is 2.61. The fourth-order valence-electron chi connectivity index (χ4n) is 3.13. The van der Waals surface area contributed by atoms with Crippen molar-refractivity contribution in [2.24, 2.45) is 10.7 Å². The average molecular weight is 316 g/mol. The van der Waals surface area contributed by atoms with E-state index in [0.717, 1.165) is 50.6 Å². The van der Waals surface area contributed by atoms with Crippen molar-refractivity contribution in [1.82, 2.24) is 14.8 Å². The molecule has 1 aromatic rings. The van der Waals surface area contributed by atoms with Crippen molar-refractivity contribution in [1.29, 1.82) is 0 Å². The van der Waals surface area contributed by atoms with E-state index in [1.165, 1.54) is 19.3 Å². The second kappa shape index (κ2) is 7.64. The summed E-state index contributed by atoms with van der Waals surface area (Å²) in [5.41, 5.74) is 7.21. The van der Waals surface area contributed by atoms with Crippen LogP contribution in [0.1, 0.15) is 24.8 Å². The fraction of sp³-hybridized carbons (Fsp3) is 0.647. The molecule has 2 aliphatic rings. The molecule has 6 nitrogen and oxygen atoms in total. The van der Waals surface area contributed by atoms with Crippen molar-refractivity contribution < 1.29 is 0 Å². The molecule has 0 spiro atoms. The molecule has 3 heterocycles. The molecule has 23 heavy (non-hydrogen) atoms. The van der Waals surface area contributed by atoms with E-state index >= 15 is 0 Å². The van der Waals surface area contributed by atoms with Gasteiger partial charge in [0.1, 0.15) is 5.82 Å². The normalized spacial score (nSPS) is 20.8. The third-order valence-electron chi connectivity index (χ3n) is 4.74. The lowest BCUT2D eigenvalue weighted by atomic mass is 10.1. The van der Waals surface area contributed by atoms with E-state index in [2.05, 4.69) is 43.9 Å². The van der Waals surface area contributed by atoms with Crippen molar-refractivity contribution in [2.75, 3.05) is 51.2 Å². The first kappa shape index (κ1) is 16.1. The van der Waals surface area contributed by atoms with E-state index in [4.69, 9.17) is 5.73 Å². The van der Waals surface area contributed by atoms with Crippen molar-refractivity contribution in [3.8, 4) is 0 Å². The number of hydrogen-bond acceptors (Lipinski definition) is 4. The van der Waals surface area contributed by atoms with Crippen LogP contribution in [0.3, 0.4) is 0 Å². The third-order valence-corrected chi connectivity index (χ3v) is 4.74. The zero-order chi connectivity index (χ0) is 16.1. The fourth-order valence-corrected chi connectivity index (χ4v) is 3.13. The Morgan fingerprint density at radius 2 is 1.83 bits per heavy atom. The number of aromatic nitrogens is 1. The SMILES string of the molecule is CN1CCN(c2ccc(CN=C(N)N3CCCCC3)cn2)CC1. The van der Waals surface area contributed by atoms with Crippen LogP contribution in [0, 0.1) is 0 Å². The van der Waals surface area contributed by atoms with Crippen LogP contribution in [0.4, 0.5) is 5.82 Å². The maximum Gasteiger partial charge on any atom is 0.191 e. The minimum absolute atomic E-state index is 0.609. The molecule has 2 fully saturated rings. The van der Waals surface area contributed by atoms with Gasteiger partial charge in [-0.15, -0.1) is 0 Å². The van der Waals surface area contributed by atoms with Crippen LogP contribution >= 0.6 is 0 Å². The lowest BCUT2D eigenvalue weighted by Crippen LogP contribution is -2.44. The van der Waals surface area contributed by atoms with Crippen LogP contribution in [0.15, 0.2) is 23.3 Å². The van der Waals surface area contributed by atoms with E-state index in [9.17, 15) is 0 Å². The van der Waals surface area contributed by atoms with Crippen molar-refractivity contribution in [2.45, 2.75) is 25.8 Å². The van der Waals surface area contributed by atoms with Gasteiger partial charge < -0.3 is 20.4 Å². The summed E-state index contributed by atoms with van der Waals surface area (Å²) in [5.74, 6) is 1.74. The van der Waals surface area contributed by atoms with E-state index in [1.807, 2.05) is 6.20 Å². The highest BCUT2D eigenvalue weighted by molar-refractivity contribution is 5.78. The Morgan fingerprint density at radius 1 is 1.09 bits per heavy atom. The number of hydrogen-bond donors (Lipinski definition) is 1. The molecule has 1 aromatic heterocycles. The molecule has 0 radical (unpaired) electrons. The first-order valence-corrected chi connectivity index (χ1v) is 8.66. The Balaban J connectivity index is 1.54. The number of guanidine groups is 1. The monoisotopic (exact) mass is 316 g/mol. The van der Waals surface area contributed by atoms with Gasteiger partial charge in [-0.1, -0.05) is 6.07 Å². The Bertz CT molecular complexity index is 512. The van der Waals surface area contributed by atoms with Crippen LogP contribution in [0.5, 0.6) is 0 Å². The standard InChI is InChI=1S/C17H28N6/c1-21-9-11-22(12-10-21)16-6-5-15(13-19-16)14-20-17(18)23-7-3-2-4-8-23/h5-6,13H,2-4,7-12,14H2,1H3,(H2,18,20). The summed E-state index contributed by atoms with van der Waals surface area (Å²) in [5, 5.41) is 0. The van der Waals surface area contributed by atoms with Gasteiger partial charge in [-0.05, 0) is 37.9 Å². The van der Waals surface area contributed by atoms with Crippen LogP contribution < -0.4 is 10.6 Å². The first-order valence-electron chi connectivity index (χ1n) is 8.66. The Kier molecular flexibility index (Phi) is 5.33. The number of piperazine rings is 1. The molecular weight excluding hydrogens is 288 g/mol. The maximum absolute atomic E-state index is 6.10. The zero-order valence-corrected chi connectivity index (χ0v) is 14.1. The molecule has 0 bridgehead atoms. The van der Waals surface area contributed by atoms with Crippen molar-refractivity contribution in [3.05, 3.63) is 23.9 Å². The van der Waals surface area contributed by atoms with Gasteiger partial charge in [0.2, 0.25) is 0 Å². The van der Waals surface area contributed by atoms with Crippen LogP contribution in [-0.4, -0.2) is 67.1 Å². The number of likely N-dealkylation sites (tertiary alicyclic amines) is 1. The van der Waals surface area contributed by atoms with Crippen LogP contribution in [-0.2, 0) is 6.54 Å². The smallest absolute Gasteiger partial charge is 0.191 e. The van der Waals surface area contributed by atoms with Crippen LogP contribution in [0.2, 0.25) is 0 Å². The van der Waals surface area contributed by atoms with Gasteiger partial charge in [0.05, 0.1) is 6.54 Å². The highest BCUT2D eigenvalue weighted by Gasteiger charge is 2.15. The highest BCUT2D eigenvalue weighted by atomic mass is 15.3. The van der Waals surface area contributed by atoms with Gasteiger partial charge in [0, 0.05) is 45.5 Å². The number of likely N-dealkylation sites (N-methyl/N-ethyl adjacent to an activating group) is 1. The summed E-state index contributed by atoms with van der Waals surface area (Å²) in [6.45, 7) is 6.97. The lowest BCUT2D eigenvalue weighted by Gasteiger charge is -2.33. The largest absolute Gasteiger partial charge is 0.370 e. The van der Waals surface area contributed by atoms with Gasteiger partial charge in [-0.2, -0.15) is 0 Å². The summed E-state index contributed by atoms with van der Waals surface area (Å²) >= 11 is 0. The maximum atomic E-state index is 6.10. The van der Waals surface area contributed by atoms with Crippen molar-refractivity contribution >= 4 is 11.8 Å². The number of aliphatic imine (C=N–C) groups is 1. The summed E-state index contributed by atoms with van der Waals surface area (Å²) in [7, 11) is 2.17. The topological polar surface area (TPSA) is 61.0 Å². The number of pyridine rings is 1. The molecule has 0 unspecified atom stereocenters. The molecule has 2 N–H and O–H groups in total. The molecule has 3 rings (SSSR count). The molecule has 126 valence electrons. The molecule has 0 amide bonds. The minimum atomic E-state index is 0.609. The predicted molar refractivity (Wildman–Crippen MR) is 94.7 cm³/mol. The highest BCUT2D eigenvalue weighted by Crippen LogP contribution is 2.14. The zero-order valence-electron chi connectivity index (χ0n) is 14.1. The number of rotatable bonds is 3. The molecule has 0 atom stereocenters. The lowest BCUT2D eigenvalue weighted by molar-refractivity contribution is 0.312. The molecule has 0 saturated carbocycles. The molecule has 0 aliphatic carbocycles. The van der Waals surface area contributed by atoms with Gasteiger partial charge in [0.25, 0.3) is 0 Å². The molecule has 6 heteroatoms. The second-order valence-electron chi connectivity index (χ2n) is 6.54. The quantitative estimate of drug-likeness (QED) is 0.669. The number of anilines is 1. The van der Waals surface area contributed by atoms with E-state index in [-0.39, 0.29) is 0 Å².